The Morgan fingerprint density at radius 2 is 1.92 bits per heavy atom. The van der Waals surface area contributed by atoms with Crippen LogP contribution in [0.4, 0.5) is 0 Å². The van der Waals surface area contributed by atoms with Crippen molar-refractivity contribution in [2.24, 2.45) is 29.4 Å². The Hall–Kier alpha value is -1.05. The van der Waals surface area contributed by atoms with E-state index in [9.17, 15) is 14.4 Å². The van der Waals surface area contributed by atoms with E-state index in [1.54, 1.807) is 11.8 Å². The van der Waals surface area contributed by atoms with Crippen LogP contribution in [0.2, 0.25) is 0 Å². The number of fused-ring (bicyclic) bond motifs is 5. The molecule has 0 aromatic rings. The summed E-state index contributed by atoms with van der Waals surface area (Å²) in [5.74, 6) is 0.573. The average Bonchev–Trinajstić information content (AvgIpc) is 3.21. The highest BCUT2D eigenvalue weighted by Crippen LogP contribution is 2.52. The molecule has 1 saturated heterocycles. The number of rotatable bonds is 7. The second-order valence-electron chi connectivity index (χ2n) is 6.51. The fraction of sp³-hybridized carbons (Fsp3) is 0.688. The highest BCUT2D eigenvalue weighted by Gasteiger charge is 2.58. The number of nitrogens with zero attached hydrogens (tertiary/aromatic N) is 1. The van der Waals surface area contributed by atoms with Gasteiger partial charge in [-0.2, -0.15) is 11.8 Å². The molecule has 1 saturated carbocycles. The fourth-order valence-electron chi connectivity index (χ4n) is 3.98. The van der Waals surface area contributed by atoms with Gasteiger partial charge < -0.3 is 11.1 Å². The number of imide groups is 1. The van der Waals surface area contributed by atoms with Gasteiger partial charge in [0.05, 0.1) is 17.9 Å². The maximum absolute atomic E-state index is 12.5. The van der Waals surface area contributed by atoms with Crippen LogP contribution in [0.5, 0.6) is 0 Å². The molecule has 0 spiro atoms. The molecule has 0 radical (unpaired) electrons. The predicted molar refractivity (Wildman–Crippen MR) is 95.7 cm³/mol. The van der Waals surface area contributed by atoms with Crippen molar-refractivity contribution < 1.29 is 14.4 Å². The second kappa shape index (κ2) is 7.89. The number of hydrogen-bond donors (Lipinski definition) is 2. The Balaban J connectivity index is 0.00000208. The lowest BCUT2D eigenvalue weighted by molar-refractivity contribution is -0.141. The van der Waals surface area contributed by atoms with E-state index in [0.717, 1.165) is 12.2 Å². The minimum atomic E-state index is -0.535. The van der Waals surface area contributed by atoms with E-state index in [4.69, 9.17) is 5.73 Å². The molecule has 0 aromatic carbocycles. The molecule has 3 rings (SSSR count). The molecule has 8 heteroatoms. The third-order valence-electron chi connectivity index (χ3n) is 5.17. The number of nitrogens with two attached hydrogens (primary N) is 1. The zero-order valence-corrected chi connectivity index (χ0v) is 15.3. The standard InChI is InChI=1S/C16H23N3O3S.ClH/c1-23-7-4-11(17)14(20)18-5-6-19-15(21)12-9-2-3-10(8-9)13(12)16(19)22;/h2-3,9-13H,4-8,17H2,1H3,(H,18,20);1H/t9?,10?,11-,12?,13?;/m0./s1. The summed E-state index contributed by atoms with van der Waals surface area (Å²) in [5.41, 5.74) is 5.79. The van der Waals surface area contributed by atoms with E-state index >= 15 is 0 Å². The highest BCUT2D eigenvalue weighted by atomic mass is 35.5. The molecule has 3 N–H and O–H groups in total. The summed E-state index contributed by atoms with van der Waals surface area (Å²) in [6, 6.07) is -0.535. The zero-order chi connectivity index (χ0) is 16.6. The molecule has 4 unspecified atom stereocenters. The Kier molecular flexibility index (Phi) is 6.33. The Labute approximate surface area is 152 Å². The third kappa shape index (κ3) is 3.34. The first-order chi connectivity index (χ1) is 11.0. The molecule has 2 bridgehead atoms. The quantitative estimate of drug-likeness (QED) is 0.498. The number of halogens is 1. The summed E-state index contributed by atoms with van der Waals surface area (Å²) >= 11 is 1.64. The smallest absolute Gasteiger partial charge is 0.237 e. The lowest BCUT2D eigenvalue weighted by Crippen LogP contribution is -2.45. The van der Waals surface area contributed by atoms with Crippen molar-refractivity contribution in [3.05, 3.63) is 12.2 Å². The van der Waals surface area contributed by atoms with Crippen molar-refractivity contribution in [2.75, 3.05) is 25.1 Å². The first-order valence-corrected chi connectivity index (χ1v) is 9.49. The SMILES string of the molecule is CSCC[C@H](N)C(=O)NCCN1C(=O)C2C3C=CC(C3)C2C1=O.Cl. The second-order valence-corrected chi connectivity index (χ2v) is 7.49. The minimum absolute atomic E-state index is 0. The summed E-state index contributed by atoms with van der Waals surface area (Å²) in [6.45, 7) is 0.510. The first kappa shape index (κ1) is 19.3. The van der Waals surface area contributed by atoms with Gasteiger partial charge in [-0.25, -0.2) is 0 Å². The van der Waals surface area contributed by atoms with Crippen molar-refractivity contribution in [2.45, 2.75) is 18.9 Å². The molecule has 1 aliphatic heterocycles. The van der Waals surface area contributed by atoms with Crippen molar-refractivity contribution in [1.82, 2.24) is 10.2 Å². The van der Waals surface area contributed by atoms with E-state index in [1.807, 2.05) is 6.26 Å². The van der Waals surface area contributed by atoms with Crippen molar-refractivity contribution in [1.29, 1.82) is 0 Å². The molecule has 134 valence electrons. The van der Waals surface area contributed by atoms with Gasteiger partial charge in [-0.05, 0) is 36.7 Å². The third-order valence-corrected chi connectivity index (χ3v) is 5.81. The number of thioether (sulfide) groups is 1. The van der Waals surface area contributed by atoms with Gasteiger partial charge in [0.25, 0.3) is 0 Å². The van der Waals surface area contributed by atoms with Crippen molar-refractivity contribution in [3.63, 3.8) is 0 Å². The van der Waals surface area contributed by atoms with Gasteiger partial charge in [0.2, 0.25) is 17.7 Å². The van der Waals surface area contributed by atoms with Gasteiger partial charge in [0.1, 0.15) is 0 Å². The van der Waals surface area contributed by atoms with Gasteiger partial charge in [-0.1, -0.05) is 12.2 Å². The first-order valence-electron chi connectivity index (χ1n) is 8.10. The summed E-state index contributed by atoms with van der Waals surface area (Å²) in [4.78, 5) is 38.1. The van der Waals surface area contributed by atoms with Crippen LogP contribution >= 0.6 is 24.2 Å². The molecular formula is C16H24ClN3O3S. The molecule has 6 nitrogen and oxygen atoms in total. The summed E-state index contributed by atoms with van der Waals surface area (Å²) in [5, 5.41) is 2.73. The maximum atomic E-state index is 12.5. The Morgan fingerprint density at radius 3 is 2.46 bits per heavy atom. The number of hydrogen-bond acceptors (Lipinski definition) is 5. The van der Waals surface area contributed by atoms with Gasteiger partial charge in [0, 0.05) is 13.1 Å². The molecule has 3 amide bonds. The molecule has 5 atom stereocenters. The lowest BCUT2D eigenvalue weighted by Gasteiger charge is -2.18. The van der Waals surface area contributed by atoms with Crippen molar-refractivity contribution >= 4 is 41.9 Å². The highest BCUT2D eigenvalue weighted by molar-refractivity contribution is 7.98. The van der Waals surface area contributed by atoms with Crippen LogP contribution in [-0.2, 0) is 14.4 Å². The van der Waals surface area contributed by atoms with E-state index in [1.165, 1.54) is 4.90 Å². The molecule has 0 aromatic heterocycles. The number of carbonyl (C=O) groups is 3. The molecule has 2 fully saturated rings. The number of nitrogens with one attached hydrogen (secondary N) is 1. The topological polar surface area (TPSA) is 92.5 Å². The number of likely N-dealkylation sites (tertiary alicyclic amines) is 1. The Morgan fingerprint density at radius 1 is 1.33 bits per heavy atom. The molecule has 3 aliphatic rings. The zero-order valence-electron chi connectivity index (χ0n) is 13.6. The van der Waals surface area contributed by atoms with Crippen molar-refractivity contribution in [3.8, 4) is 0 Å². The largest absolute Gasteiger partial charge is 0.353 e. The van der Waals surface area contributed by atoms with Crippen LogP contribution in [0.3, 0.4) is 0 Å². The number of carbonyl (C=O) groups excluding carboxylic acids is 3. The summed E-state index contributed by atoms with van der Waals surface area (Å²) in [7, 11) is 0. The average molecular weight is 374 g/mol. The van der Waals surface area contributed by atoms with Gasteiger partial charge in [-0.15, -0.1) is 12.4 Å². The Bertz CT molecular complexity index is 527. The van der Waals surface area contributed by atoms with E-state index in [2.05, 4.69) is 17.5 Å². The van der Waals surface area contributed by atoms with E-state index in [-0.39, 0.29) is 66.9 Å². The predicted octanol–water partition coefficient (Wildman–Crippen LogP) is 0.412. The van der Waals surface area contributed by atoms with Crippen LogP contribution < -0.4 is 11.1 Å². The normalized spacial score (nSPS) is 31.2. The number of amides is 3. The summed E-state index contributed by atoms with van der Waals surface area (Å²) in [6.07, 6.45) is 7.67. The van der Waals surface area contributed by atoms with Crippen LogP contribution in [-0.4, -0.2) is 53.8 Å². The lowest BCUT2D eigenvalue weighted by atomic mass is 9.85. The molecule has 24 heavy (non-hydrogen) atoms. The van der Waals surface area contributed by atoms with E-state index in [0.29, 0.717) is 6.42 Å². The minimum Gasteiger partial charge on any atom is -0.353 e. The van der Waals surface area contributed by atoms with Gasteiger partial charge in [-0.3, -0.25) is 19.3 Å². The summed E-state index contributed by atoms with van der Waals surface area (Å²) < 4.78 is 0. The van der Waals surface area contributed by atoms with E-state index < -0.39 is 6.04 Å². The van der Waals surface area contributed by atoms with Crippen LogP contribution in [0.15, 0.2) is 12.2 Å². The van der Waals surface area contributed by atoms with Crippen LogP contribution in [0.1, 0.15) is 12.8 Å². The molecule has 1 heterocycles. The monoisotopic (exact) mass is 373 g/mol. The maximum Gasteiger partial charge on any atom is 0.237 e. The number of allylic oxidation sites excluding steroid dienone is 2. The fourth-order valence-corrected chi connectivity index (χ4v) is 4.47. The van der Waals surface area contributed by atoms with Crippen LogP contribution in [0.25, 0.3) is 0 Å². The molecular weight excluding hydrogens is 350 g/mol. The van der Waals surface area contributed by atoms with Gasteiger partial charge >= 0.3 is 0 Å². The van der Waals surface area contributed by atoms with Crippen LogP contribution in [0, 0.1) is 23.7 Å². The van der Waals surface area contributed by atoms with Gasteiger partial charge in [0.15, 0.2) is 0 Å². The molecule has 2 aliphatic carbocycles.